The van der Waals surface area contributed by atoms with E-state index in [4.69, 9.17) is 0 Å². The Hall–Kier alpha value is -4.08. The Morgan fingerprint density at radius 3 is 2.44 bits per heavy atom. The average Bonchev–Trinajstić information content (AvgIpc) is 3.23. The topological polar surface area (TPSA) is 158 Å². The number of nitrogens with zero attached hydrogens (tertiary/aromatic N) is 5. The molecule has 2 N–H and O–H groups in total. The summed E-state index contributed by atoms with van der Waals surface area (Å²) in [6.07, 6.45) is -2.03. The van der Waals surface area contributed by atoms with Gasteiger partial charge >= 0.3 is 6.36 Å². The fraction of sp³-hybridized carbons (Fsp3) is 0.222. The molecule has 0 aliphatic rings. The molecular weight excluding hydrogens is 483 g/mol. The molecule has 0 atom stereocenters. The zero-order valence-corrected chi connectivity index (χ0v) is 18.3. The Morgan fingerprint density at radius 2 is 1.79 bits per heavy atom. The minimum atomic E-state index is -5.09. The van der Waals surface area contributed by atoms with Crippen molar-refractivity contribution in [3.63, 3.8) is 0 Å². The first-order chi connectivity index (χ1) is 15.9. The monoisotopic (exact) mass is 499 g/mol. The third-order valence-electron chi connectivity index (χ3n) is 4.16. The van der Waals surface area contributed by atoms with Crippen LogP contribution in [0.15, 0.2) is 41.8 Å². The summed E-state index contributed by atoms with van der Waals surface area (Å²) in [6, 6.07) is 3.66. The van der Waals surface area contributed by atoms with Crippen LogP contribution < -0.4 is 15.4 Å². The maximum absolute atomic E-state index is 12.6. The van der Waals surface area contributed by atoms with Crippen molar-refractivity contribution in [1.82, 2.24) is 35.4 Å². The molecule has 3 aromatic rings. The average molecular weight is 499 g/mol. The highest BCUT2D eigenvalue weighted by Crippen LogP contribution is 2.27. The SMILES string of the molecule is CNC(=O)c1cc(-n2ncnc2CNC(=O)c2cc(OC(F)(F)F)cc(S(C)(=O)=O)c2)ncn1. The predicted octanol–water partition coefficient (Wildman–Crippen LogP) is 0.649. The molecule has 0 bridgehead atoms. The molecule has 0 saturated heterocycles. The van der Waals surface area contributed by atoms with Crippen molar-refractivity contribution in [3.8, 4) is 11.6 Å². The highest BCUT2D eigenvalue weighted by Gasteiger charge is 2.32. The van der Waals surface area contributed by atoms with Gasteiger partial charge in [0.1, 0.15) is 24.1 Å². The lowest BCUT2D eigenvalue weighted by molar-refractivity contribution is -0.274. The quantitative estimate of drug-likeness (QED) is 0.476. The molecule has 34 heavy (non-hydrogen) atoms. The molecule has 2 aromatic heterocycles. The summed E-state index contributed by atoms with van der Waals surface area (Å²) in [5.74, 6) is -1.93. The number of aromatic nitrogens is 5. The second-order valence-electron chi connectivity index (χ2n) is 6.62. The van der Waals surface area contributed by atoms with Crippen molar-refractivity contribution < 1.29 is 35.9 Å². The number of amides is 2. The summed E-state index contributed by atoms with van der Waals surface area (Å²) < 4.78 is 66.5. The largest absolute Gasteiger partial charge is 0.573 e. The number of sulfone groups is 1. The second-order valence-corrected chi connectivity index (χ2v) is 8.64. The van der Waals surface area contributed by atoms with E-state index in [1.165, 1.54) is 17.8 Å². The van der Waals surface area contributed by atoms with Gasteiger partial charge in [0.25, 0.3) is 11.8 Å². The fourth-order valence-corrected chi connectivity index (χ4v) is 3.33. The van der Waals surface area contributed by atoms with Crippen LogP contribution in [0.4, 0.5) is 13.2 Å². The van der Waals surface area contributed by atoms with E-state index >= 15 is 0 Å². The van der Waals surface area contributed by atoms with Gasteiger partial charge in [-0.05, 0) is 18.2 Å². The Kier molecular flexibility index (Phi) is 6.80. The number of hydrogen-bond donors (Lipinski definition) is 2. The third-order valence-corrected chi connectivity index (χ3v) is 5.25. The lowest BCUT2D eigenvalue weighted by Crippen LogP contribution is -2.26. The first kappa shape index (κ1) is 24.6. The van der Waals surface area contributed by atoms with Crippen molar-refractivity contribution in [2.45, 2.75) is 17.8 Å². The molecule has 3 rings (SSSR count). The van der Waals surface area contributed by atoms with Crippen LogP contribution in [-0.4, -0.2) is 64.6 Å². The van der Waals surface area contributed by atoms with E-state index in [1.54, 1.807) is 0 Å². The van der Waals surface area contributed by atoms with Gasteiger partial charge in [-0.15, -0.1) is 13.2 Å². The van der Waals surface area contributed by atoms with Gasteiger partial charge in [-0.3, -0.25) is 9.59 Å². The molecule has 0 aliphatic carbocycles. The number of nitrogens with one attached hydrogen (secondary N) is 2. The van der Waals surface area contributed by atoms with Crippen LogP contribution in [0.3, 0.4) is 0 Å². The van der Waals surface area contributed by atoms with Crippen molar-refractivity contribution in [2.24, 2.45) is 0 Å². The number of carbonyl (C=O) groups excluding carboxylic acids is 2. The summed E-state index contributed by atoms with van der Waals surface area (Å²) in [5.41, 5.74) is -0.343. The second kappa shape index (κ2) is 9.42. The van der Waals surface area contributed by atoms with E-state index in [0.29, 0.717) is 6.07 Å². The number of halogens is 3. The number of carbonyl (C=O) groups is 2. The van der Waals surface area contributed by atoms with Crippen LogP contribution in [0.2, 0.25) is 0 Å². The van der Waals surface area contributed by atoms with Crippen molar-refractivity contribution in [1.29, 1.82) is 0 Å². The molecule has 0 radical (unpaired) electrons. The van der Waals surface area contributed by atoms with Crippen LogP contribution in [0.5, 0.6) is 5.75 Å². The third kappa shape index (κ3) is 6.03. The van der Waals surface area contributed by atoms with E-state index < -0.39 is 44.2 Å². The van der Waals surface area contributed by atoms with E-state index in [9.17, 15) is 31.2 Å². The molecule has 1 aromatic carbocycles. The van der Waals surface area contributed by atoms with Gasteiger partial charge in [0.15, 0.2) is 21.5 Å². The van der Waals surface area contributed by atoms with Crippen LogP contribution in [0.1, 0.15) is 26.7 Å². The zero-order valence-electron chi connectivity index (χ0n) is 17.5. The van der Waals surface area contributed by atoms with E-state index in [0.717, 1.165) is 31.0 Å². The minimum absolute atomic E-state index is 0.0489. The number of ether oxygens (including phenoxy) is 1. The molecule has 0 aliphatic heterocycles. The molecule has 2 amide bonds. The van der Waals surface area contributed by atoms with Gasteiger partial charge in [0, 0.05) is 24.9 Å². The molecule has 0 unspecified atom stereocenters. The molecule has 2 heterocycles. The minimum Gasteiger partial charge on any atom is -0.406 e. The first-order valence-corrected chi connectivity index (χ1v) is 11.1. The van der Waals surface area contributed by atoms with Gasteiger partial charge in [-0.25, -0.2) is 23.4 Å². The maximum atomic E-state index is 12.6. The van der Waals surface area contributed by atoms with Crippen molar-refractivity contribution >= 4 is 21.7 Å². The van der Waals surface area contributed by atoms with Crippen LogP contribution in [0.25, 0.3) is 5.82 Å². The number of hydrogen-bond acceptors (Lipinski definition) is 9. The van der Waals surface area contributed by atoms with E-state index in [-0.39, 0.29) is 23.9 Å². The molecular formula is C18H16F3N7O5S. The Balaban J connectivity index is 1.84. The van der Waals surface area contributed by atoms with Crippen molar-refractivity contribution in [3.05, 3.63) is 54.0 Å². The standard InChI is InChI=1S/C18H16F3N7O5S/c1-22-17(30)13-6-14(25-8-24-13)28-15(26-9-27-28)7-23-16(29)10-3-11(33-18(19,20)21)5-12(4-10)34(2,31)32/h3-6,8-9H,7H2,1-2H3,(H,22,30)(H,23,29). The fourth-order valence-electron chi connectivity index (χ4n) is 2.66. The van der Waals surface area contributed by atoms with Crippen LogP contribution in [-0.2, 0) is 16.4 Å². The van der Waals surface area contributed by atoms with Crippen LogP contribution in [0, 0.1) is 0 Å². The normalized spacial score (nSPS) is 11.7. The highest BCUT2D eigenvalue weighted by molar-refractivity contribution is 7.90. The summed E-state index contributed by atoms with van der Waals surface area (Å²) in [7, 11) is -2.53. The molecule has 180 valence electrons. The summed E-state index contributed by atoms with van der Waals surface area (Å²) >= 11 is 0. The number of benzene rings is 1. The molecule has 0 spiro atoms. The summed E-state index contributed by atoms with van der Waals surface area (Å²) in [4.78, 5) is 35.6. The Labute approximate surface area is 190 Å². The zero-order chi connectivity index (χ0) is 25.1. The Bertz CT molecular complexity index is 1340. The molecule has 12 nitrogen and oxygen atoms in total. The maximum Gasteiger partial charge on any atom is 0.573 e. The van der Waals surface area contributed by atoms with Crippen molar-refractivity contribution in [2.75, 3.05) is 13.3 Å². The lowest BCUT2D eigenvalue weighted by Gasteiger charge is -2.12. The lowest BCUT2D eigenvalue weighted by atomic mass is 10.2. The molecule has 0 saturated carbocycles. The predicted molar refractivity (Wildman–Crippen MR) is 108 cm³/mol. The van der Waals surface area contributed by atoms with Gasteiger partial charge in [0.05, 0.1) is 11.4 Å². The highest BCUT2D eigenvalue weighted by atomic mass is 32.2. The first-order valence-electron chi connectivity index (χ1n) is 9.20. The van der Waals surface area contributed by atoms with Gasteiger partial charge in [0.2, 0.25) is 0 Å². The molecule has 16 heteroatoms. The summed E-state index contributed by atoms with van der Waals surface area (Å²) in [5, 5.41) is 8.79. The van der Waals surface area contributed by atoms with E-state index in [1.807, 2.05) is 0 Å². The van der Waals surface area contributed by atoms with Gasteiger partial charge in [-0.2, -0.15) is 9.78 Å². The smallest absolute Gasteiger partial charge is 0.406 e. The van der Waals surface area contributed by atoms with Gasteiger partial charge < -0.3 is 15.4 Å². The number of rotatable bonds is 7. The Morgan fingerprint density at radius 1 is 1.06 bits per heavy atom. The van der Waals surface area contributed by atoms with Gasteiger partial charge in [-0.1, -0.05) is 0 Å². The summed E-state index contributed by atoms with van der Waals surface area (Å²) in [6.45, 7) is -0.267. The molecule has 0 fully saturated rings. The number of alkyl halides is 3. The van der Waals surface area contributed by atoms with Crippen LogP contribution >= 0.6 is 0 Å². The van der Waals surface area contributed by atoms with E-state index in [2.05, 4.69) is 35.4 Å².